The van der Waals surface area contributed by atoms with Crippen LogP contribution in [0.3, 0.4) is 0 Å². The third-order valence-corrected chi connectivity index (χ3v) is 7.94. The van der Waals surface area contributed by atoms with Gasteiger partial charge >= 0.3 is 0 Å². The number of carbonyl (C=O) groups is 1. The Hall–Kier alpha value is -3.49. The van der Waals surface area contributed by atoms with E-state index in [0.717, 1.165) is 49.0 Å². The van der Waals surface area contributed by atoms with Gasteiger partial charge in [0.2, 0.25) is 0 Å². The number of nitrogens with zero attached hydrogens (tertiary/aromatic N) is 4. The average molecular weight is 577 g/mol. The third kappa shape index (κ3) is 8.76. The SMILES string of the molecule is Cn1ccc(Cc2cn(Cc3cccnc3)c(SCCCCCCCC(=O)c3ccc(Cl)cc3)nc2=O)cc1=O. The summed E-state index contributed by atoms with van der Waals surface area (Å²) in [6, 6.07) is 14.3. The molecule has 208 valence electrons. The highest BCUT2D eigenvalue weighted by atomic mass is 35.5. The van der Waals surface area contributed by atoms with E-state index in [1.807, 2.05) is 35.2 Å². The molecule has 0 radical (unpaired) electrons. The molecule has 0 spiro atoms. The van der Waals surface area contributed by atoms with Crippen LogP contribution in [-0.2, 0) is 20.0 Å². The van der Waals surface area contributed by atoms with E-state index < -0.39 is 0 Å². The van der Waals surface area contributed by atoms with Gasteiger partial charge in [0.25, 0.3) is 11.1 Å². The van der Waals surface area contributed by atoms with E-state index >= 15 is 0 Å². The molecule has 4 rings (SSSR count). The quantitative estimate of drug-likeness (QED) is 0.0798. The van der Waals surface area contributed by atoms with Gasteiger partial charge in [-0.1, -0.05) is 48.7 Å². The van der Waals surface area contributed by atoms with Crippen LogP contribution in [-0.4, -0.2) is 30.6 Å². The van der Waals surface area contributed by atoms with Crippen LogP contribution in [0, 0.1) is 0 Å². The number of ketones is 1. The molecule has 0 N–H and O–H groups in total. The average Bonchev–Trinajstić information content (AvgIpc) is 2.95. The van der Waals surface area contributed by atoms with Crippen molar-refractivity contribution in [1.29, 1.82) is 0 Å². The number of halogens is 1. The maximum atomic E-state index is 12.9. The van der Waals surface area contributed by atoms with Crippen LogP contribution >= 0.6 is 23.4 Å². The lowest BCUT2D eigenvalue weighted by Gasteiger charge is -2.14. The maximum absolute atomic E-state index is 12.9. The zero-order valence-corrected chi connectivity index (χ0v) is 24.2. The van der Waals surface area contributed by atoms with Gasteiger partial charge in [0.05, 0.1) is 6.54 Å². The molecule has 1 aromatic carbocycles. The van der Waals surface area contributed by atoms with E-state index in [1.54, 1.807) is 61.5 Å². The summed E-state index contributed by atoms with van der Waals surface area (Å²) in [6.07, 6.45) is 13.0. The van der Waals surface area contributed by atoms with Crippen LogP contribution in [0.5, 0.6) is 0 Å². The van der Waals surface area contributed by atoms with Gasteiger partial charge in [-0.3, -0.25) is 19.4 Å². The molecular weight excluding hydrogens is 544 g/mol. The lowest BCUT2D eigenvalue weighted by molar-refractivity contribution is 0.0979. The van der Waals surface area contributed by atoms with Crippen molar-refractivity contribution in [2.24, 2.45) is 7.05 Å². The minimum absolute atomic E-state index is 0.110. The molecule has 0 unspecified atom stereocenters. The molecule has 4 aromatic rings. The van der Waals surface area contributed by atoms with Gasteiger partial charge in [-0.2, -0.15) is 4.98 Å². The predicted molar refractivity (Wildman–Crippen MR) is 161 cm³/mol. The summed E-state index contributed by atoms with van der Waals surface area (Å²) >= 11 is 7.47. The second-order valence-corrected chi connectivity index (χ2v) is 11.3. The van der Waals surface area contributed by atoms with Gasteiger partial charge in [-0.25, -0.2) is 0 Å². The summed E-state index contributed by atoms with van der Waals surface area (Å²) in [5, 5.41) is 1.31. The smallest absolute Gasteiger partial charge is 0.277 e. The molecule has 7 nitrogen and oxygen atoms in total. The third-order valence-electron chi connectivity index (χ3n) is 6.61. The summed E-state index contributed by atoms with van der Waals surface area (Å²) in [7, 11) is 1.70. The first-order chi connectivity index (χ1) is 19.4. The Bertz CT molecular complexity index is 1540. The number of hydrogen-bond acceptors (Lipinski definition) is 6. The Morgan fingerprint density at radius 2 is 1.75 bits per heavy atom. The van der Waals surface area contributed by atoms with Gasteiger partial charge in [-0.15, -0.1) is 0 Å². The number of pyridine rings is 2. The van der Waals surface area contributed by atoms with Crippen LogP contribution in [0.25, 0.3) is 0 Å². The van der Waals surface area contributed by atoms with E-state index in [-0.39, 0.29) is 16.9 Å². The zero-order valence-electron chi connectivity index (χ0n) is 22.6. The fourth-order valence-electron chi connectivity index (χ4n) is 4.34. The summed E-state index contributed by atoms with van der Waals surface area (Å²) in [5.41, 5.74) is 2.68. The van der Waals surface area contributed by atoms with Crippen molar-refractivity contribution in [3.8, 4) is 0 Å². The Kier molecular flexibility index (Phi) is 10.9. The topological polar surface area (TPSA) is 86.8 Å². The van der Waals surface area contributed by atoms with Crippen molar-refractivity contribution in [1.82, 2.24) is 19.1 Å². The fraction of sp³-hybridized carbons (Fsp3) is 0.323. The van der Waals surface area contributed by atoms with Crippen LogP contribution in [0.1, 0.15) is 65.6 Å². The molecule has 40 heavy (non-hydrogen) atoms. The number of rotatable bonds is 14. The summed E-state index contributed by atoms with van der Waals surface area (Å²) < 4.78 is 3.50. The highest BCUT2D eigenvalue weighted by Gasteiger charge is 2.12. The van der Waals surface area contributed by atoms with Crippen molar-refractivity contribution < 1.29 is 4.79 Å². The molecule has 0 amide bonds. The first-order valence-electron chi connectivity index (χ1n) is 13.5. The van der Waals surface area contributed by atoms with Gasteiger partial charge in [0, 0.05) is 72.6 Å². The van der Waals surface area contributed by atoms with Crippen LogP contribution in [0.15, 0.2) is 88.1 Å². The van der Waals surface area contributed by atoms with Gasteiger partial charge in [0.1, 0.15) is 0 Å². The number of aromatic nitrogens is 4. The van der Waals surface area contributed by atoms with E-state index in [4.69, 9.17) is 11.6 Å². The Morgan fingerprint density at radius 3 is 2.50 bits per heavy atom. The number of hydrogen-bond donors (Lipinski definition) is 0. The summed E-state index contributed by atoms with van der Waals surface area (Å²) in [6.45, 7) is 0.550. The highest BCUT2D eigenvalue weighted by Crippen LogP contribution is 2.20. The largest absolute Gasteiger partial charge is 0.323 e. The molecule has 0 aliphatic rings. The molecule has 9 heteroatoms. The molecule has 3 aromatic heterocycles. The number of Topliss-reactive ketones (excluding diaryl/α,β-unsaturated/α-hetero) is 1. The predicted octanol–water partition coefficient (Wildman–Crippen LogP) is 5.95. The lowest BCUT2D eigenvalue weighted by atomic mass is 10.0. The van der Waals surface area contributed by atoms with Crippen molar-refractivity contribution in [2.75, 3.05) is 5.75 Å². The maximum Gasteiger partial charge on any atom is 0.277 e. The molecule has 0 aliphatic heterocycles. The van der Waals surface area contributed by atoms with Crippen LogP contribution in [0.2, 0.25) is 5.02 Å². The number of carbonyl (C=O) groups excluding carboxylic acids is 1. The van der Waals surface area contributed by atoms with Gasteiger partial charge < -0.3 is 9.13 Å². The van der Waals surface area contributed by atoms with E-state index in [1.165, 1.54) is 4.57 Å². The molecule has 0 bridgehead atoms. The number of aryl methyl sites for hydroxylation is 1. The zero-order chi connectivity index (χ0) is 28.3. The second-order valence-electron chi connectivity index (χ2n) is 9.80. The standard InChI is InChI=1S/C31H33ClN4O3S/c1-35-16-14-23(19-29(35)38)18-26-22-36(21-24-8-7-15-33-20-24)31(34-30(26)39)40-17-6-4-2-3-5-9-28(37)25-10-12-27(32)13-11-25/h7-8,10-16,19-20,22H,2-6,9,17-18,21H2,1H3. The molecule has 0 atom stereocenters. The Morgan fingerprint density at radius 1 is 0.975 bits per heavy atom. The van der Waals surface area contributed by atoms with Crippen molar-refractivity contribution >= 4 is 29.1 Å². The Labute approximate surface area is 243 Å². The molecular formula is C31H33ClN4O3S. The highest BCUT2D eigenvalue weighted by molar-refractivity contribution is 7.99. The summed E-state index contributed by atoms with van der Waals surface area (Å²) in [5.74, 6) is 1.00. The number of thioether (sulfide) groups is 1. The van der Waals surface area contributed by atoms with E-state index in [2.05, 4.69) is 9.97 Å². The monoisotopic (exact) mass is 576 g/mol. The molecule has 0 saturated heterocycles. The number of benzene rings is 1. The van der Waals surface area contributed by atoms with E-state index in [0.29, 0.717) is 40.7 Å². The first kappa shape index (κ1) is 29.5. The van der Waals surface area contributed by atoms with Gasteiger partial charge in [0.15, 0.2) is 10.9 Å². The normalized spacial score (nSPS) is 11.1. The second kappa shape index (κ2) is 14.8. The molecule has 0 saturated carbocycles. The lowest BCUT2D eigenvalue weighted by Crippen LogP contribution is -2.21. The Balaban J connectivity index is 1.30. The van der Waals surface area contributed by atoms with Crippen molar-refractivity contribution in [3.05, 3.63) is 121 Å². The minimum atomic E-state index is -0.268. The summed E-state index contributed by atoms with van der Waals surface area (Å²) in [4.78, 5) is 45.9. The van der Waals surface area contributed by atoms with Crippen molar-refractivity contribution in [3.63, 3.8) is 0 Å². The molecule has 3 heterocycles. The van der Waals surface area contributed by atoms with Crippen LogP contribution < -0.4 is 11.1 Å². The van der Waals surface area contributed by atoms with Crippen LogP contribution in [0.4, 0.5) is 0 Å². The van der Waals surface area contributed by atoms with E-state index in [9.17, 15) is 14.4 Å². The number of unbranched alkanes of at least 4 members (excludes halogenated alkanes) is 4. The molecule has 0 fully saturated rings. The minimum Gasteiger partial charge on any atom is -0.323 e. The fourth-order valence-corrected chi connectivity index (χ4v) is 5.43. The molecule has 0 aliphatic carbocycles. The first-order valence-corrected chi connectivity index (χ1v) is 14.8. The van der Waals surface area contributed by atoms with Crippen molar-refractivity contribution in [2.45, 2.75) is 56.6 Å². The van der Waals surface area contributed by atoms with Gasteiger partial charge in [-0.05, 0) is 60.4 Å².